The van der Waals surface area contributed by atoms with Gasteiger partial charge in [-0.25, -0.2) is 0 Å². The van der Waals surface area contributed by atoms with Crippen molar-refractivity contribution in [2.75, 3.05) is 20.1 Å². The fourth-order valence-corrected chi connectivity index (χ4v) is 2.98. The van der Waals surface area contributed by atoms with Crippen molar-refractivity contribution in [1.29, 1.82) is 0 Å². The first-order valence-corrected chi connectivity index (χ1v) is 7.42. The first kappa shape index (κ1) is 12.7. The quantitative estimate of drug-likeness (QED) is 0.904. The Morgan fingerprint density at radius 3 is 2.95 bits per heavy atom. The molecule has 1 atom stereocenters. The van der Waals surface area contributed by atoms with E-state index in [1.54, 1.807) is 0 Å². The predicted molar refractivity (Wildman–Crippen MR) is 75.3 cm³/mol. The highest BCUT2D eigenvalue weighted by molar-refractivity contribution is 5.93. The number of nitrogens with one attached hydrogen (secondary N) is 1. The molecule has 1 aliphatic carbocycles. The number of amides is 1. The monoisotopic (exact) mass is 261 g/mol. The molecule has 2 aliphatic rings. The van der Waals surface area contributed by atoms with Crippen molar-refractivity contribution in [2.45, 2.75) is 44.2 Å². The fraction of sp³-hybridized carbons (Fsp3) is 0.667. The minimum Gasteiger partial charge on any atom is -0.340 e. The summed E-state index contributed by atoms with van der Waals surface area (Å²) < 4.78 is 2.16. The molecule has 2 fully saturated rings. The summed E-state index contributed by atoms with van der Waals surface area (Å²) in [5.74, 6) is 0.184. The van der Waals surface area contributed by atoms with Gasteiger partial charge >= 0.3 is 0 Å². The van der Waals surface area contributed by atoms with Gasteiger partial charge in [-0.15, -0.1) is 0 Å². The van der Waals surface area contributed by atoms with Gasteiger partial charge in [0.1, 0.15) is 5.69 Å². The van der Waals surface area contributed by atoms with E-state index in [-0.39, 0.29) is 5.91 Å². The maximum atomic E-state index is 12.7. The van der Waals surface area contributed by atoms with E-state index in [0.717, 1.165) is 38.0 Å². The summed E-state index contributed by atoms with van der Waals surface area (Å²) in [6.45, 7) is 2.10. The van der Waals surface area contributed by atoms with Crippen LogP contribution in [0.4, 0.5) is 0 Å². The van der Waals surface area contributed by atoms with E-state index in [4.69, 9.17) is 0 Å². The normalized spacial score (nSPS) is 23.9. The lowest BCUT2D eigenvalue weighted by Gasteiger charge is -2.27. The molecule has 1 N–H and O–H groups in total. The van der Waals surface area contributed by atoms with Crippen LogP contribution in [0.25, 0.3) is 0 Å². The highest BCUT2D eigenvalue weighted by Crippen LogP contribution is 2.36. The van der Waals surface area contributed by atoms with E-state index in [2.05, 4.69) is 9.88 Å². The Kier molecular flexibility index (Phi) is 3.60. The van der Waals surface area contributed by atoms with Gasteiger partial charge in [0.2, 0.25) is 0 Å². The maximum Gasteiger partial charge on any atom is 0.270 e. The van der Waals surface area contributed by atoms with Gasteiger partial charge in [-0.3, -0.25) is 4.79 Å². The first-order chi connectivity index (χ1) is 9.27. The third-order valence-electron chi connectivity index (χ3n) is 4.35. The zero-order valence-corrected chi connectivity index (χ0v) is 11.6. The molecule has 1 saturated carbocycles. The number of carbonyl (C=O) groups excluding carboxylic acids is 1. The Morgan fingerprint density at radius 2 is 2.16 bits per heavy atom. The summed E-state index contributed by atoms with van der Waals surface area (Å²) in [4.78, 5) is 14.6. The van der Waals surface area contributed by atoms with Crippen LogP contribution in [0.5, 0.6) is 0 Å². The summed E-state index contributed by atoms with van der Waals surface area (Å²) in [5.41, 5.74) is 0.863. The third-order valence-corrected chi connectivity index (χ3v) is 4.35. The fourth-order valence-electron chi connectivity index (χ4n) is 2.98. The van der Waals surface area contributed by atoms with Crippen molar-refractivity contribution in [1.82, 2.24) is 14.8 Å². The minimum absolute atomic E-state index is 0.184. The van der Waals surface area contributed by atoms with Crippen LogP contribution in [-0.2, 0) is 0 Å². The second kappa shape index (κ2) is 5.37. The Bertz CT molecular complexity index is 442. The number of carbonyl (C=O) groups is 1. The van der Waals surface area contributed by atoms with E-state index in [9.17, 15) is 4.79 Å². The number of nitrogens with zero attached hydrogens (tertiary/aromatic N) is 2. The lowest BCUT2D eigenvalue weighted by Crippen LogP contribution is -2.38. The van der Waals surface area contributed by atoms with Gasteiger partial charge in [0, 0.05) is 25.3 Å². The van der Waals surface area contributed by atoms with E-state index < -0.39 is 0 Å². The molecule has 2 heterocycles. The molecule has 1 saturated heterocycles. The van der Waals surface area contributed by atoms with Crippen LogP contribution in [-0.4, -0.2) is 41.6 Å². The van der Waals surface area contributed by atoms with Crippen molar-refractivity contribution in [3.8, 4) is 0 Å². The zero-order valence-electron chi connectivity index (χ0n) is 11.6. The van der Waals surface area contributed by atoms with Gasteiger partial charge in [-0.1, -0.05) is 0 Å². The van der Waals surface area contributed by atoms with Crippen LogP contribution >= 0.6 is 0 Å². The average Bonchev–Trinajstić information content (AvgIpc) is 3.21. The second-order valence-electron chi connectivity index (χ2n) is 5.78. The zero-order chi connectivity index (χ0) is 13.2. The molecular weight excluding hydrogens is 238 g/mol. The summed E-state index contributed by atoms with van der Waals surface area (Å²) in [6, 6.07) is 4.91. The molecule has 0 radical (unpaired) electrons. The Balaban J connectivity index is 1.72. The molecule has 104 valence electrons. The van der Waals surface area contributed by atoms with Gasteiger partial charge < -0.3 is 14.8 Å². The highest BCUT2D eigenvalue weighted by atomic mass is 16.2. The maximum absolute atomic E-state index is 12.7. The number of hydrogen-bond acceptors (Lipinski definition) is 2. The largest absolute Gasteiger partial charge is 0.340 e. The number of hydrogen-bond donors (Lipinski definition) is 1. The molecule has 0 bridgehead atoms. The topological polar surface area (TPSA) is 37.3 Å². The minimum atomic E-state index is 0.184. The predicted octanol–water partition coefficient (Wildman–Crippen LogP) is 2.04. The summed E-state index contributed by atoms with van der Waals surface area (Å²) in [5, 5.41) is 3.40. The molecule has 0 spiro atoms. The molecule has 0 aromatic carbocycles. The molecule has 19 heavy (non-hydrogen) atoms. The van der Waals surface area contributed by atoms with E-state index in [0.29, 0.717) is 12.1 Å². The van der Waals surface area contributed by atoms with Gasteiger partial charge in [-0.2, -0.15) is 0 Å². The number of aromatic nitrogens is 1. The molecule has 4 nitrogen and oxygen atoms in total. The van der Waals surface area contributed by atoms with Crippen LogP contribution in [0.1, 0.15) is 48.6 Å². The summed E-state index contributed by atoms with van der Waals surface area (Å²) >= 11 is 0. The van der Waals surface area contributed by atoms with Gasteiger partial charge in [0.25, 0.3) is 5.91 Å². The Hall–Kier alpha value is -1.29. The van der Waals surface area contributed by atoms with Crippen molar-refractivity contribution < 1.29 is 4.79 Å². The van der Waals surface area contributed by atoms with Crippen LogP contribution in [0.15, 0.2) is 18.3 Å². The first-order valence-electron chi connectivity index (χ1n) is 7.42. The van der Waals surface area contributed by atoms with Crippen molar-refractivity contribution in [3.05, 3.63) is 24.0 Å². The molecule has 1 aromatic rings. The van der Waals surface area contributed by atoms with E-state index in [1.165, 1.54) is 12.8 Å². The van der Waals surface area contributed by atoms with Crippen LogP contribution in [0, 0.1) is 0 Å². The molecule has 1 aromatic heterocycles. The summed E-state index contributed by atoms with van der Waals surface area (Å²) in [7, 11) is 1.96. The van der Waals surface area contributed by atoms with Crippen molar-refractivity contribution in [2.24, 2.45) is 0 Å². The van der Waals surface area contributed by atoms with Gasteiger partial charge in [-0.05, 0) is 57.3 Å². The van der Waals surface area contributed by atoms with Crippen LogP contribution < -0.4 is 5.32 Å². The lowest BCUT2D eigenvalue weighted by molar-refractivity contribution is 0.0709. The van der Waals surface area contributed by atoms with Crippen LogP contribution in [0.3, 0.4) is 0 Å². The Labute approximate surface area is 114 Å². The second-order valence-corrected chi connectivity index (χ2v) is 5.78. The standard InChI is InChI=1S/C15H23N3O/c1-17(12-4-2-9-16-10-8-12)15(19)14-5-3-11-18(14)13-6-7-13/h3,5,11-13,16H,2,4,6-10H2,1H3. The lowest BCUT2D eigenvalue weighted by atomic mass is 10.1. The van der Waals surface area contributed by atoms with E-state index >= 15 is 0 Å². The van der Waals surface area contributed by atoms with Crippen molar-refractivity contribution in [3.63, 3.8) is 0 Å². The molecular formula is C15H23N3O. The molecule has 1 aliphatic heterocycles. The summed E-state index contributed by atoms with van der Waals surface area (Å²) in [6.07, 6.45) is 7.81. The molecule has 1 amide bonds. The van der Waals surface area contributed by atoms with Crippen LogP contribution in [0.2, 0.25) is 0 Å². The van der Waals surface area contributed by atoms with Gasteiger partial charge in [0.15, 0.2) is 0 Å². The molecule has 4 heteroatoms. The van der Waals surface area contributed by atoms with E-state index in [1.807, 2.05) is 30.3 Å². The third kappa shape index (κ3) is 2.68. The van der Waals surface area contributed by atoms with Gasteiger partial charge in [0.05, 0.1) is 0 Å². The highest BCUT2D eigenvalue weighted by Gasteiger charge is 2.29. The smallest absolute Gasteiger partial charge is 0.270 e. The Morgan fingerprint density at radius 1 is 1.32 bits per heavy atom. The number of rotatable bonds is 3. The average molecular weight is 261 g/mol. The SMILES string of the molecule is CN(C(=O)c1cccn1C1CC1)C1CCCNCC1. The van der Waals surface area contributed by atoms with Crippen molar-refractivity contribution >= 4 is 5.91 Å². The molecule has 1 unspecified atom stereocenters. The molecule has 3 rings (SSSR count).